The largest absolute Gasteiger partial charge is 0.491 e. The first-order valence-electron chi connectivity index (χ1n) is 8.53. The van der Waals surface area contributed by atoms with Gasteiger partial charge in [-0.15, -0.1) is 5.10 Å². The number of carbonyl (C=O) groups excluding carboxylic acids is 1. The van der Waals surface area contributed by atoms with E-state index in [1.807, 2.05) is 54.6 Å². The summed E-state index contributed by atoms with van der Waals surface area (Å²) in [5, 5.41) is 14.7. The third-order valence-electron chi connectivity index (χ3n) is 4.54. The van der Waals surface area contributed by atoms with Crippen LogP contribution in [0.5, 0.6) is 5.75 Å². The van der Waals surface area contributed by atoms with Gasteiger partial charge in [-0.1, -0.05) is 48.5 Å². The summed E-state index contributed by atoms with van der Waals surface area (Å²) in [6.07, 6.45) is 0.508. The number of amides is 1. The molecule has 3 aromatic rings. The van der Waals surface area contributed by atoms with Crippen LogP contribution in [-0.4, -0.2) is 32.7 Å². The third kappa shape index (κ3) is 3.15. The topological polar surface area (TPSA) is 81.9 Å². The number of nitrogens with zero attached hydrogens (tertiary/aromatic N) is 4. The van der Waals surface area contributed by atoms with Crippen molar-refractivity contribution < 1.29 is 9.53 Å². The van der Waals surface area contributed by atoms with E-state index < -0.39 is 6.04 Å². The van der Waals surface area contributed by atoms with Gasteiger partial charge in [-0.2, -0.15) is 0 Å². The Balaban J connectivity index is 1.58. The maximum absolute atomic E-state index is 13.1. The van der Waals surface area contributed by atoms with Crippen molar-refractivity contribution in [1.82, 2.24) is 25.5 Å². The number of hydrogen-bond donors (Lipinski definition) is 1. The van der Waals surface area contributed by atoms with Crippen molar-refractivity contribution in [2.45, 2.75) is 25.4 Å². The zero-order valence-electron chi connectivity index (χ0n) is 14.4. The maximum atomic E-state index is 13.1. The van der Waals surface area contributed by atoms with E-state index in [0.717, 1.165) is 16.9 Å². The molecule has 0 saturated carbocycles. The lowest BCUT2D eigenvalue weighted by Gasteiger charge is -2.20. The van der Waals surface area contributed by atoms with Crippen LogP contribution in [0.15, 0.2) is 54.6 Å². The second-order valence-corrected chi connectivity index (χ2v) is 6.29. The van der Waals surface area contributed by atoms with Crippen molar-refractivity contribution in [3.8, 4) is 5.75 Å². The first-order valence-corrected chi connectivity index (χ1v) is 8.53. The monoisotopic (exact) mass is 349 g/mol. The number of benzene rings is 2. The van der Waals surface area contributed by atoms with Gasteiger partial charge in [0.05, 0.1) is 6.04 Å². The third-order valence-corrected chi connectivity index (χ3v) is 4.54. The molecule has 2 atom stereocenters. The van der Waals surface area contributed by atoms with E-state index in [1.54, 1.807) is 11.6 Å². The zero-order chi connectivity index (χ0) is 17.9. The summed E-state index contributed by atoms with van der Waals surface area (Å²) in [6.45, 7) is 2.22. The van der Waals surface area contributed by atoms with Crippen molar-refractivity contribution in [3.05, 3.63) is 71.5 Å². The Morgan fingerprint density at radius 3 is 2.77 bits per heavy atom. The highest BCUT2D eigenvalue weighted by atomic mass is 16.5. The summed E-state index contributed by atoms with van der Waals surface area (Å²) >= 11 is 0. The molecule has 0 saturated heterocycles. The van der Waals surface area contributed by atoms with E-state index in [0.29, 0.717) is 18.9 Å². The molecule has 7 nitrogen and oxygen atoms in total. The minimum Gasteiger partial charge on any atom is -0.491 e. The number of para-hydroxylation sites is 1. The summed E-state index contributed by atoms with van der Waals surface area (Å²) < 4.78 is 7.24. The van der Waals surface area contributed by atoms with Crippen LogP contribution in [-0.2, 0) is 11.2 Å². The fourth-order valence-electron chi connectivity index (χ4n) is 3.20. The van der Waals surface area contributed by atoms with Crippen LogP contribution in [0, 0.1) is 6.92 Å². The maximum Gasteiger partial charge on any atom is 0.245 e. The summed E-state index contributed by atoms with van der Waals surface area (Å²) in [5.74, 6) is 1.29. The number of aromatic nitrogens is 4. The highest BCUT2D eigenvalue weighted by Crippen LogP contribution is 2.32. The average Bonchev–Trinajstić information content (AvgIpc) is 3.27. The van der Waals surface area contributed by atoms with Crippen LogP contribution in [0.1, 0.15) is 29.0 Å². The zero-order valence-corrected chi connectivity index (χ0v) is 14.4. The molecule has 1 amide bonds. The number of hydrogen-bond acceptors (Lipinski definition) is 5. The van der Waals surface area contributed by atoms with Crippen LogP contribution in [0.2, 0.25) is 0 Å². The summed E-state index contributed by atoms with van der Waals surface area (Å²) in [7, 11) is 0. The predicted octanol–water partition coefficient (Wildman–Crippen LogP) is 2.02. The molecular formula is C19H19N5O2. The van der Waals surface area contributed by atoms with E-state index >= 15 is 0 Å². The fourth-order valence-corrected chi connectivity index (χ4v) is 3.20. The van der Waals surface area contributed by atoms with Crippen LogP contribution in [0.4, 0.5) is 0 Å². The molecule has 4 rings (SSSR count). The van der Waals surface area contributed by atoms with Crippen LogP contribution in [0.3, 0.4) is 0 Å². The molecule has 0 bridgehead atoms. The van der Waals surface area contributed by atoms with Crippen molar-refractivity contribution in [2.75, 3.05) is 6.61 Å². The molecule has 0 fully saturated rings. The van der Waals surface area contributed by atoms with Gasteiger partial charge in [-0.25, -0.2) is 4.68 Å². The Kier molecular flexibility index (Phi) is 4.35. The van der Waals surface area contributed by atoms with Gasteiger partial charge in [0, 0.05) is 12.0 Å². The smallest absolute Gasteiger partial charge is 0.245 e. The lowest BCUT2D eigenvalue weighted by molar-refractivity contribution is -0.125. The first kappa shape index (κ1) is 16.3. The van der Waals surface area contributed by atoms with Gasteiger partial charge < -0.3 is 10.1 Å². The Morgan fingerprint density at radius 2 is 2.00 bits per heavy atom. The first-order chi connectivity index (χ1) is 12.7. The number of aryl methyl sites for hydroxylation is 1. The average molecular weight is 349 g/mol. The van der Waals surface area contributed by atoms with Gasteiger partial charge in [-0.3, -0.25) is 4.79 Å². The fraction of sp³-hybridized carbons (Fsp3) is 0.263. The molecule has 132 valence electrons. The summed E-state index contributed by atoms with van der Waals surface area (Å²) in [6, 6.07) is 16.9. The second-order valence-electron chi connectivity index (χ2n) is 6.29. The molecule has 0 aliphatic carbocycles. The normalized spacial score (nSPS) is 16.6. The SMILES string of the molecule is Cc1nnnn1[C@H](Cc1ccccc1)C(=O)N[C@@H]1COc2ccccc21. The van der Waals surface area contributed by atoms with Crippen LogP contribution >= 0.6 is 0 Å². The number of nitrogens with one attached hydrogen (secondary N) is 1. The minimum atomic E-state index is -0.528. The summed E-state index contributed by atoms with van der Waals surface area (Å²) in [5.41, 5.74) is 2.04. The standard InChI is InChI=1S/C19H19N5O2/c1-13-21-22-23-24(13)17(11-14-7-3-2-4-8-14)19(25)20-16-12-26-18-10-6-5-9-15(16)18/h2-10,16-17H,11-12H2,1H3,(H,20,25)/t16-,17-/m1/s1. The molecule has 0 radical (unpaired) electrons. The molecule has 0 unspecified atom stereocenters. The molecule has 1 aromatic heterocycles. The molecule has 1 aliphatic rings. The highest BCUT2D eigenvalue weighted by molar-refractivity contribution is 5.81. The number of fused-ring (bicyclic) bond motifs is 1. The van der Waals surface area contributed by atoms with Crippen molar-refractivity contribution >= 4 is 5.91 Å². The molecule has 1 N–H and O–H groups in total. The van der Waals surface area contributed by atoms with Crippen molar-refractivity contribution in [2.24, 2.45) is 0 Å². The van der Waals surface area contributed by atoms with E-state index in [9.17, 15) is 4.79 Å². The number of carbonyl (C=O) groups is 1. The van der Waals surface area contributed by atoms with Crippen molar-refractivity contribution in [1.29, 1.82) is 0 Å². The molecule has 26 heavy (non-hydrogen) atoms. The van der Waals surface area contributed by atoms with E-state index in [4.69, 9.17) is 4.74 Å². The predicted molar refractivity (Wildman–Crippen MR) is 94.6 cm³/mol. The second kappa shape index (κ2) is 6.95. The number of ether oxygens (including phenoxy) is 1. The molecule has 0 spiro atoms. The molecule has 7 heteroatoms. The van der Waals surface area contributed by atoms with Gasteiger partial charge in [-0.05, 0) is 29.0 Å². The van der Waals surface area contributed by atoms with Gasteiger partial charge >= 0.3 is 0 Å². The van der Waals surface area contributed by atoms with E-state index in [2.05, 4.69) is 20.8 Å². The van der Waals surface area contributed by atoms with Gasteiger partial charge in [0.1, 0.15) is 24.2 Å². The van der Waals surface area contributed by atoms with Crippen LogP contribution in [0.25, 0.3) is 0 Å². The Morgan fingerprint density at radius 1 is 1.23 bits per heavy atom. The van der Waals surface area contributed by atoms with E-state index in [-0.39, 0.29) is 11.9 Å². The van der Waals surface area contributed by atoms with Gasteiger partial charge in [0.25, 0.3) is 0 Å². The summed E-state index contributed by atoms with van der Waals surface area (Å²) in [4.78, 5) is 13.1. The minimum absolute atomic E-state index is 0.130. The highest BCUT2D eigenvalue weighted by Gasteiger charge is 2.30. The Labute approximate surface area is 151 Å². The van der Waals surface area contributed by atoms with Gasteiger partial charge in [0.15, 0.2) is 0 Å². The number of tetrazole rings is 1. The van der Waals surface area contributed by atoms with Crippen molar-refractivity contribution in [3.63, 3.8) is 0 Å². The van der Waals surface area contributed by atoms with Gasteiger partial charge in [0.2, 0.25) is 5.91 Å². The Bertz CT molecular complexity index is 909. The molecular weight excluding hydrogens is 330 g/mol. The number of rotatable bonds is 5. The quantitative estimate of drug-likeness (QED) is 0.762. The van der Waals surface area contributed by atoms with Crippen LogP contribution < -0.4 is 10.1 Å². The lowest BCUT2D eigenvalue weighted by Crippen LogP contribution is -2.37. The molecule has 1 aliphatic heterocycles. The molecule has 2 heterocycles. The lowest BCUT2D eigenvalue weighted by atomic mass is 10.0. The van der Waals surface area contributed by atoms with E-state index in [1.165, 1.54) is 0 Å². The Hall–Kier alpha value is -3.22. The molecule has 2 aromatic carbocycles.